The van der Waals surface area contributed by atoms with Crippen LogP contribution in [0.4, 0.5) is 0 Å². The molecule has 0 radical (unpaired) electrons. The van der Waals surface area contributed by atoms with E-state index < -0.39 is 9.05 Å². The van der Waals surface area contributed by atoms with Crippen LogP contribution in [0.5, 0.6) is 5.75 Å². The summed E-state index contributed by atoms with van der Waals surface area (Å²) < 4.78 is 28.5. The maximum atomic E-state index is 12.1. The minimum absolute atomic E-state index is 0.0799. The lowest BCUT2D eigenvalue weighted by molar-refractivity contribution is 0.0949. The Morgan fingerprint density at radius 1 is 1.50 bits per heavy atom. The largest absolute Gasteiger partial charge is 0.494 e. The average molecular weight is 383 g/mol. The van der Waals surface area contributed by atoms with Gasteiger partial charge in [0.25, 0.3) is 15.0 Å². The van der Waals surface area contributed by atoms with Gasteiger partial charge in [0, 0.05) is 22.3 Å². The smallest absolute Gasteiger partial charge is 0.265 e. The van der Waals surface area contributed by atoms with Crippen molar-refractivity contribution < 1.29 is 17.9 Å². The summed E-state index contributed by atoms with van der Waals surface area (Å²) in [4.78, 5) is 11.8. The van der Waals surface area contributed by atoms with E-state index in [1.54, 1.807) is 0 Å². The van der Waals surface area contributed by atoms with Gasteiger partial charge in [-0.2, -0.15) is 0 Å². The van der Waals surface area contributed by atoms with Crippen molar-refractivity contribution in [1.82, 2.24) is 5.32 Å². The van der Waals surface area contributed by atoms with Gasteiger partial charge in [0.15, 0.2) is 5.75 Å². The van der Waals surface area contributed by atoms with E-state index >= 15 is 0 Å². The number of benzene rings is 1. The van der Waals surface area contributed by atoms with Gasteiger partial charge in [0.05, 0.1) is 11.6 Å². The number of carbonyl (C=O) groups is 1. The first-order valence-electron chi connectivity index (χ1n) is 5.87. The van der Waals surface area contributed by atoms with Crippen LogP contribution >= 0.6 is 26.6 Å². The molecule has 2 unspecified atom stereocenters. The maximum absolute atomic E-state index is 12.1. The fraction of sp³-hybridized carbons (Fsp3) is 0.417. The van der Waals surface area contributed by atoms with Crippen molar-refractivity contribution >= 4 is 41.6 Å². The quantitative estimate of drug-likeness (QED) is 0.812. The van der Waals surface area contributed by atoms with Gasteiger partial charge in [0.1, 0.15) is 4.90 Å². The molecule has 0 saturated heterocycles. The normalized spacial score (nSPS) is 21.4. The van der Waals surface area contributed by atoms with E-state index in [4.69, 9.17) is 15.4 Å². The topological polar surface area (TPSA) is 72.5 Å². The first-order chi connectivity index (χ1) is 9.24. The van der Waals surface area contributed by atoms with Crippen molar-refractivity contribution in [3.05, 3.63) is 22.2 Å². The fourth-order valence-corrected chi connectivity index (χ4v) is 3.63. The zero-order valence-corrected chi connectivity index (χ0v) is 14.0. The van der Waals surface area contributed by atoms with Gasteiger partial charge >= 0.3 is 0 Å². The molecule has 1 amide bonds. The van der Waals surface area contributed by atoms with E-state index in [0.29, 0.717) is 10.4 Å². The number of nitrogens with one attached hydrogen (secondary N) is 1. The molecule has 0 aliphatic heterocycles. The Hall–Kier alpha value is -0.790. The zero-order valence-electron chi connectivity index (χ0n) is 10.8. The summed E-state index contributed by atoms with van der Waals surface area (Å²) in [6.07, 6.45) is 0.934. The molecule has 1 aromatic carbocycles. The summed E-state index contributed by atoms with van der Waals surface area (Å²) in [5, 5.41) is 2.82. The third-order valence-electron chi connectivity index (χ3n) is 3.16. The molecule has 5 nitrogen and oxygen atoms in total. The van der Waals surface area contributed by atoms with E-state index in [0.717, 1.165) is 6.42 Å². The first-order valence-corrected chi connectivity index (χ1v) is 8.97. The molecular weight excluding hydrogens is 370 g/mol. The lowest BCUT2D eigenvalue weighted by atomic mass is 10.2. The molecular formula is C12H13BrClNO4S. The third-order valence-corrected chi connectivity index (χ3v) is 5.08. The molecule has 1 aromatic rings. The maximum Gasteiger partial charge on any atom is 0.265 e. The second kappa shape index (κ2) is 5.54. The van der Waals surface area contributed by atoms with Crippen LogP contribution in [0.2, 0.25) is 0 Å². The Balaban J connectivity index is 2.40. The number of ether oxygens (including phenoxy) is 1. The lowest BCUT2D eigenvalue weighted by Gasteiger charge is -2.11. The molecule has 0 heterocycles. The molecule has 1 aliphatic carbocycles. The molecule has 20 heavy (non-hydrogen) atoms. The number of halogens is 2. The van der Waals surface area contributed by atoms with Gasteiger partial charge in [-0.25, -0.2) is 8.42 Å². The SMILES string of the molecule is COc1c(Br)cc(C(=O)NC2CC2C)cc1S(=O)(=O)Cl. The standard InChI is InChI=1S/C12H13BrClNO4S/c1-6-3-9(6)15-12(16)7-4-8(13)11(19-2)10(5-7)20(14,17)18/h4-6,9H,3H2,1-2H3,(H,15,16). The number of carbonyl (C=O) groups excluding carboxylic acids is 1. The predicted molar refractivity (Wildman–Crippen MR) is 78.8 cm³/mol. The average Bonchev–Trinajstić information content (AvgIpc) is 3.02. The molecule has 1 saturated carbocycles. The summed E-state index contributed by atoms with van der Waals surface area (Å²) in [5.74, 6) is 0.206. The van der Waals surface area contributed by atoms with Crippen LogP contribution in [0, 0.1) is 5.92 Å². The number of rotatable bonds is 4. The Morgan fingerprint density at radius 2 is 2.10 bits per heavy atom. The van der Waals surface area contributed by atoms with Gasteiger partial charge in [-0.05, 0) is 40.4 Å². The molecule has 0 spiro atoms. The predicted octanol–water partition coefficient (Wildman–Crippen LogP) is 2.52. The molecule has 2 rings (SSSR count). The van der Waals surface area contributed by atoms with Gasteiger partial charge in [-0.15, -0.1) is 0 Å². The summed E-state index contributed by atoms with van der Waals surface area (Å²) in [7, 11) is 2.69. The van der Waals surface area contributed by atoms with Crippen molar-refractivity contribution in [2.75, 3.05) is 7.11 Å². The van der Waals surface area contributed by atoms with E-state index in [-0.39, 0.29) is 28.2 Å². The van der Waals surface area contributed by atoms with Crippen molar-refractivity contribution in [3.8, 4) is 5.75 Å². The highest BCUT2D eigenvalue weighted by atomic mass is 79.9. The third kappa shape index (κ3) is 3.27. The van der Waals surface area contributed by atoms with Gasteiger partial charge in [0.2, 0.25) is 0 Å². The number of hydrogen-bond donors (Lipinski definition) is 1. The van der Waals surface area contributed by atoms with Gasteiger partial charge in [-0.3, -0.25) is 4.79 Å². The summed E-state index contributed by atoms with van der Waals surface area (Å²) in [6, 6.07) is 2.88. The highest BCUT2D eigenvalue weighted by Gasteiger charge is 2.34. The van der Waals surface area contributed by atoms with Crippen molar-refractivity contribution in [2.24, 2.45) is 5.92 Å². The second-order valence-corrected chi connectivity index (χ2v) is 8.11. The molecule has 1 N–H and O–H groups in total. The number of hydrogen-bond acceptors (Lipinski definition) is 4. The number of amides is 1. The minimum Gasteiger partial charge on any atom is -0.494 e. The van der Waals surface area contributed by atoms with Gasteiger partial charge in [-0.1, -0.05) is 6.92 Å². The van der Waals surface area contributed by atoms with Crippen molar-refractivity contribution in [1.29, 1.82) is 0 Å². The van der Waals surface area contributed by atoms with Gasteiger partial charge < -0.3 is 10.1 Å². The Kier molecular flexibility index (Phi) is 4.32. The summed E-state index contributed by atoms with van der Waals surface area (Å²) in [6.45, 7) is 2.03. The zero-order chi connectivity index (χ0) is 15.1. The molecule has 8 heteroatoms. The summed E-state index contributed by atoms with van der Waals surface area (Å²) >= 11 is 3.18. The lowest BCUT2D eigenvalue weighted by Crippen LogP contribution is -2.26. The van der Waals surface area contributed by atoms with E-state index in [1.807, 2.05) is 6.92 Å². The van der Waals surface area contributed by atoms with Crippen molar-refractivity contribution in [2.45, 2.75) is 24.3 Å². The molecule has 1 aliphatic rings. The van der Waals surface area contributed by atoms with E-state index in [1.165, 1.54) is 19.2 Å². The number of methoxy groups -OCH3 is 1. The fourth-order valence-electron chi connectivity index (χ4n) is 1.85. The van der Waals surface area contributed by atoms with Crippen LogP contribution in [0.15, 0.2) is 21.5 Å². The van der Waals surface area contributed by atoms with Crippen LogP contribution in [0.25, 0.3) is 0 Å². The van der Waals surface area contributed by atoms with Crippen LogP contribution in [0.1, 0.15) is 23.7 Å². The second-order valence-electron chi connectivity index (χ2n) is 4.72. The Labute approximate surface area is 130 Å². The Morgan fingerprint density at radius 3 is 2.55 bits per heavy atom. The van der Waals surface area contributed by atoms with Crippen LogP contribution < -0.4 is 10.1 Å². The minimum atomic E-state index is -4.01. The van der Waals surface area contributed by atoms with Crippen LogP contribution in [-0.2, 0) is 9.05 Å². The van der Waals surface area contributed by atoms with E-state index in [9.17, 15) is 13.2 Å². The van der Waals surface area contributed by atoms with Crippen molar-refractivity contribution in [3.63, 3.8) is 0 Å². The highest BCUT2D eigenvalue weighted by molar-refractivity contribution is 9.10. The molecule has 1 fully saturated rings. The molecule has 110 valence electrons. The molecule has 2 atom stereocenters. The monoisotopic (exact) mass is 381 g/mol. The molecule has 0 aromatic heterocycles. The summed E-state index contributed by atoms with van der Waals surface area (Å²) in [5.41, 5.74) is 0.219. The molecule has 0 bridgehead atoms. The van der Waals surface area contributed by atoms with E-state index in [2.05, 4.69) is 21.2 Å². The highest BCUT2D eigenvalue weighted by Crippen LogP contribution is 2.36. The Bertz CT molecular complexity index is 662. The first kappa shape index (κ1) is 15.6. The van der Waals surface area contributed by atoms with Crippen LogP contribution in [-0.4, -0.2) is 27.5 Å². The van der Waals surface area contributed by atoms with Crippen LogP contribution in [0.3, 0.4) is 0 Å².